The van der Waals surface area contributed by atoms with Crippen LogP contribution in [0, 0.1) is 0 Å². The van der Waals surface area contributed by atoms with Gasteiger partial charge in [0.1, 0.15) is 18.1 Å². The zero-order valence-electron chi connectivity index (χ0n) is 25.6. The summed E-state index contributed by atoms with van der Waals surface area (Å²) in [6, 6.07) is 19.3. The summed E-state index contributed by atoms with van der Waals surface area (Å²) in [6.07, 6.45) is 10.3. The highest BCUT2D eigenvalue weighted by atomic mass is 35.5. The summed E-state index contributed by atoms with van der Waals surface area (Å²) in [7, 11) is 1.58. The highest BCUT2D eigenvalue weighted by Gasteiger charge is 2.11. The Labute approximate surface area is 269 Å². The number of carbonyl (C=O) groups is 1. The van der Waals surface area contributed by atoms with Gasteiger partial charge < -0.3 is 24.1 Å². The summed E-state index contributed by atoms with van der Waals surface area (Å²) in [5.41, 5.74) is 4.41. The molecule has 3 aromatic carbocycles. The van der Waals surface area contributed by atoms with Crippen LogP contribution in [0.25, 0.3) is 17.2 Å². The molecular formula is C35H40ClN3O4S. The van der Waals surface area contributed by atoms with Crippen molar-refractivity contribution in [3.8, 4) is 22.6 Å². The highest BCUT2D eigenvalue weighted by Crippen LogP contribution is 2.35. The van der Waals surface area contributed by atoms with Gasteiger partial charge in [-0.15, -0.1) is 11.8 Å². The summed E-state index contributed by atoms with van der Waals surface area (Å²) in [5.74, 6) is 1.94. The fraction of sp³-hybridized carbons (Fsp3) is 0.314. The van der Waals surface area contributed by atoms with E-state index in [1.165, 1.54) is 11.8 Å². The molecule has 1 N–H and O–H groups in total. The molecule has 0 radical (unpaired) electrons. The molecule has 0 spiro atoms. The normalized spacial score (nSPS) is 11.2. The average molecular weight is 634 g/mol. The Kier molecular flexibility index (Phi) is 13.2. The number of amides is 1. The molecule has 1 aromatic heterocycles. The number of thioether (sulfide) groups is 1. The van der Waals surface area contributed by atoms with E-state index in [2.05, 4.69) is 28.7 Å². The van der Waals surface area contributed by atoms with E-state index in [-0.39, 0.29) is 5.91 Å². The van der Waals surface area contributed by atoms with Crippen LogP contribution < -0.4 is 14.8 Å². The number of anilines is 1. The molecule has 0 fully saturated rings. The molecule has 0 unspecified atom stereocenters. The second kappa shape index (κ2) is 17.5. The van der Waals surface area contributed by atoms with Gasteiger partial charge in [-0.05, 0) is 73.0 Å². The van der Waals surface area contributed by atoms with Gasteiger partial charge in [0.25, 0.3) is 0 Å². The summed E-state index contributed by atoms with van der Waals surface area (Å²) < 4.78 is 19.1. The van der Waals surface area contributed by atoms with E-state index in [0.29, 0.717) is 24.0 Å². The molecule has 7 nitrogen and oxygen atoms in total. The molecule has 0 aliphatic carbocycles. The summed E-state index contributed by atoms with van der Waals surface area (Å²) >= 11 is 8.36. The number of unbranched alkanes of at least 4 members (excludes halogenated alkanes) is 1. The predicted molar refractivity (Wildman–Crippen MR) is 181 cm³/mol. The molecule has 44 heavy (non-hydrogen) atoms. The van der Waals surface area contributed by atoms with Crippen molar-refractivity contribution in [3.63, 3.8) is 0 Å². The van der Waals surface area contributed by atoms with Gasteiger partial charge in [0.05, 0.1) is 25.1 Å². The number of benzene rings is 3. The lowest BCUT2D eigenvalue weighted by molar-refractivity contribution is -0.111. The van der Waals surface area contributed by atoms with Crippen molar-refractivity contribution in [2.75, 3.05) is 32.2 Å². The van der Waals surface area contributed by atoms with Crippen molar-refractivity contribution < 1.29 is 19.0 Å². The van der Waals surface area contributed by atoms with Gasteiger partial charge in [-0.1, -0.05) is 44.0 Å². The van der Waals surface area contributed by atoms with E-state index >= 15 is 0 Å². The van der Waals surface area contributed by atoms with Gasteiger partial charge in [-0.25, -0.2) is 4.98 Å². The third-order valence-corrected chi connectivity index (χ3v) is 8.17. The molecule has 0 saturated carbocycles. The number of ether oxygens (including phenoxy) is 3. The molecule has 4 aromatic rings. The van der Waals surface area contributed by atoms with Gasteiger partial charge in [0.2, 0.25) is 5.91 Å². The van der Waals surface area contributed by atoms with Crippen LogP contribution >= 0.6 is 23.4 Å². The lowest BCUT2D eigenvalue weighted by Crippen LogP contribution is -2.07. The van der Waals surface area contributed by atoms with Crippen LogP contribution in [0.4, 0.5) is 5.69 Å². The van der Waals surface area contributed by atoms with Crippen molar-refractivity contribution in [2.24, 2.45) is 0 Å². The van der Waals surface area contributed by atoms with Crippen molar-refractivity contribution >= 4 is 41.0 Å². The van der Waals surface area contributed by atoms with E-state index in [1.807, 2.05) is 67.1 Å². The van der Waals surface area contributed by atoms with Crippen molar-refractivity contribution in [1.29, 1.82) is 0 Å². The number of nitrogens with one attached hydrogen (secondary N) is 1. The van der Waals surface area contributed by atoms with E-state index < -0.39 is 0 Å². The standard InChI is InChI=1S/C35H40ClN3O4S/c1-4-6-18-42-19-20-43-30-12-7-26(8-13-30)32-21-27(34(41-3)22-33(32)36)9-16-35(40)38-28-10-14-31(15-11-28)44-24-29-23-37-25-39(29)17-5-2/h7-16,21-23,25H,4-6,17-20,24H2,1-3H3,(H,38,40)/b16-9+. The monoisotopic (exact) mass is 633 g/mol. The Hall–Kier alpha value is -3.72. The Morgan fingerprint density at radius 2 is 1.82 bits per heavy atom. The van der Waals surface area contributed by atoms with Crippen LogP contribution in [0.1, 0.15) is 44.4 Å². The second-order valence-corrected chi connectivity index (χ2v) is 11.6. The van der Waals surface area contributed by atoms with Gasteiger partial charge in [0, 0.05) is 58.6 Å². The lowest BCUT2D eigenvalue weighted by Gasteiger charge is -2.12. The Morgan fingerprint density at radius 3 is 2.55 bits per heavy atom. The van der Waals surface area contributed by atoms with Crippen LogP contribution in [-0.2, 0) is 21.8 Å². The minimum atomic E-state index is -0.243. The van der Waals surface area contributed by atoms with E-state index in [9.17, 15) is 4.79 Å². The predicted octanol–water partition coefficient (Wildman–Crippen LogP) is 8.76. The van der Waals surface area contributed by atoms with E-state index in [4.69, 9.17) is 25.8 Å². The number of hydrogen-bond donors (Lipinski definition) is 1. The third-order valence-electron chi connectivity index (χ3n) is 6.81. The minimum Gasteiger partial charge on any atom is -0.496 e. The topological polar surface area (TPSA) is 74.6 Å². The molecule has 9 heteroatoms. The summed E-state index contributed by atoms with van der Waals surface area (Å²) in [4.78, 5) is 18.2. The third kappa shape index (κ3) is 9.91. The minimum absolute atomic E-state index is 0.243. The SMILES string of the molecule is CCCCOCCOc1ccc(-c2cc(/C=C/C(=O)Nc3ccc(SCc4cncn4CCC)cc3)c(OC)cc2Cl)cc1. The first kappa shape index (κ1) is 33.2. The smallest absolute Gasteiger partial charge is 0.248 e. The van der Waals surface area contributed by atoms with Crippen LogP contribution in [0.3, 0.4) is 0 Å². The Balaban J connectivity index is 1.34. The first-order valence-electron chi connectivity index (χ1n) is 14.9. The molecule has 0 saturated heterocycles. The van der Waals surface area contributed by atoms with Crippen LogP contribution in [0.5, 0.6) is 11.5 Å². The highest BCUT2D eigenvalue weighted by molar-refractivity contribution is 7.98. The molecule has 1 heterocycles. The number of rotatable bonds is 17. The number of nitrogens with zero attached hydrogens (tertiary/aromatic N) is 2. The lowest BCUT2D eigenvalue weighted by atomic mass is 10.0. The first-order chi connectivity index (χ1) is 21.5. The van der Waals surface area contributed by atoms with Gasteiger partial charge in [0.15, 0.2) is 0 Å². The van der Waals surface area contributed by atoms with E-state index in [1.54, 1.807) is 31.0 Å². The molecule has 232 valence electrons. The maximum absolute atomic E-state index is 12.8. The zero-order chi connectivity index (χ0) is 31.1. The number of aryl methyl sites for hydroxylation is 1. The fourth-order valence-electron chi connectivity index (χ4n) is 4.45. The Bertz CT molecular complexity index is 1500. The molecular weight excluding hydrogens is 594 g/mol. The van der Waals surface area contributed by atoms with Crippen molar-refractivity contribution in [3.05, 3.63) is 95.5 Å². The quantitative estimate of drug-likeness (QED) is 0.0712. The van der Waals surface area contributed by atoms with Crippen LogP contribution in [0.15, 0.2) is 84.2 Å². The Morgan fingerprint density at radius 1 is 1.02 bits per heavy atom. The maximum atomic E-state index is 12.8. The molecule has 1 amide bonds. The molecule has 0 aliphatic rings. The largest absolute Gasteiger partial charge is 0.496 e. The van der Waals surface area contributed by atoms with Gasteiger partial charge in [-0.2, -0.15) is 0 Å². The zero-order valence-corrected chi connectivity index (χ0v) is 27.1. The molecule has 0 aliphatic heterocycles. The second-order valence-electron chi connectivity index (χ2n) is 10.1. The van der Waals surface area contributed by atoms with Crippen molar-refractivity contribution in [1.82, 2.24) is 9.55 Å². The number of imidazole rings is 1. The van der Waals surface area contributed by atoms with Crippen LogP contribution in [0.2, 0.25) is 5.02 Å². The number of methoxy groups -OCH3 is 1. The van der Waals surface area contributed by atoms with Crippen LogP contribution in [-0.4, -0.2) is 42.4 Å². The molecule has 0 atom stereocenters. The average Bonchev–Trinajstić information content (AvgIpc) is 3.49. The number of aromatic nitrogens is 2. The molecule has 0 bridgehead atoms. The summed E-state index contributed by atoms with van der Waals surface area (Å²) in [5, 5.41) is 3.48. The number of hydrogen-bond acceptors (Lipinski definition) is 6. The van der Waals surface area contributed by atoms with Gasteiger partial charge in [-0.3, -0.25) is 4.79 Å². The first-order valence-corrected chi connectivity index (χ1v) is 16.3. The van der Waals surface area contributed by atoms with Gasteiger partial charge >= 0.3 is 0 Å². The maximum Gasteiger partial charge on any atom is 0.248 e. The van der Waals surface area contributed by atoms with E-state index in [0.717, 1.165) is 71.2 Å². The number of halogens is 1. The fourth-order valence-corrected chi connectivity index (χ4v) is 5.60. The summed E-state index contributed by atoms with van der Waals surface area (Å²) in [6.45, 7) is 7.09. The van der Waals surface area contributed by atoms with Crippen molar-refractivity contribution in [2.45, 2.75) is 50.3 Å². The number of carbonyl (C=O) groups excluding carboxylic acids is 1. The molecule has 4 rings (SSSR count).